The molecular formula is C17H18NO4S+. The Morgan fingerprint density at radius 3 is 2.35 bits per heavy atom. The van der Waals surface area contributed by atoms with Gasteiger partial charge in [-0.15, -0.1) is 0 Å². The van der Waals surface area contributed by atoms with E-state index in [2.05, 4.69) is 0 Å². The van der Waals surface area contributed by atoms with Crippen LogP contribution in [-0.2, 0) is 10.1 Å². The van der Waals surface area contributed by atoms with Crippen molar-refractivity contribution in [2.75, 3.05) is 6.73 Å². The first-order valence-corrected chi connectivity index (χ1v) is 8.64. The highest BCUT2D eigenvalue weighted by Gasteiger charge is 2.24. The highest BCUT2D eigenvalue weighted by atomic mass is 32.2. The lowest BCUT2D eigenvalue weighted by Gasteiger charge is -2.16. The first kappa shape index (κ1) is 15.7. The molecule has 0 saturated heterocycles. The number of hydrogen-bond acceptors (Lipinski definition) is 3. The van der Waals surface area contributed by atoms with E-state index in [0.29, 0.717) is 17.9 Å². The fraction of sp³-hybridized carbons (Fsp3) is 0.235. The van der Waals surface area contributed by atoms with E-state index >= 15 is 0 Å². The third-order valence-electron chi connectivity index (χ3n) is 3.92. The van der Waals surface area contributed by atoms with Crippen molar-refractivity contribution in [3.05, 3.63) is 52.6 Å². The molecule has 0 fully saturated rings. The van der Waals surface area contributed by atoms with Crippen molar-refractivity contribution < 1.29 is 22.3 Å². The van der Waals surface area contributed by atoms with Gasteiger partial charge in [0.2, 0.25) is 5.69 Å². The van der Waals surface area contributed by atoms with Crippen molar-refractivity contribution in [3.63, 3.8) is 0 Å². The Balaban J connectivity index is 2.11. The van der Waals surface area contributed by atoms with Crippen LogP contribution in [-0.4, -0.2) is 30.5 Å². The zero-order valence-electron chi connectivity index (χ0n) is 13.2. The fourth-order valence-electron chi connectivity index (χ4n) is 2.96. The van der Waals surface area contributed by atoms with Gasteiger partial charge in [0.1, 0.15) is 10.6 Å². The molecule has 5 nitrogen and oxygen atoms in total. The molecule has 0 unspecified atom stereocenters. The second kappa shape index (κ2) is 5.47. The Bertz CT molecular complexity index is 907. The van der Waals surface area contributed by atoms with E-state index in [0.717, 1.165) is 22.6 Å². The van der Waals surface area contributed by atoms with Gasteiger partial charge in [-0.25, -0.2) is 0 Å². The molecule has 23 heavy (non-hydrogen) atoms. The summed E-state index contributed by atoms with van der Waals surface area (Å²) in [6.07, 6.45) is 1.98. The van der Waals surface area contributed by atoms with Gasteiger partial charge in [-0.05, 0) is 43.5 Å². The molecule has 0 saturated carbocycles. The van der Waals surface area contributed by atoms with Crippen LogP contribution in [0, 0.1) is 20.8 Å². The van der Waals surface area contributed by atoms with E-state index < -0.39 is 10.1 Å². The maximum absolute atomic E-state index is 11.5. The number of ether oxygens (including phenoxy) is 1. The molecule has 0 amide bonds. The summed E-state index contributed by atoms with van der Waals surface area (Å²) >= 11 is 0. The lowest BCUT2D eigenvalue weighted by atomic mass is 10.1. The van der Waals surface area contributed by atoms with Crippen LogP contribution in [0.4, 0.5) is 5.69 Å². The first-order chi connectivity index (χ1) is 10.8. The SMILES string of the molecule is Cc1cccc2c1OC[N+](c1cc(C)c(S(=O)(=O)O)c(C)c1)=C2. The zero-order chi connectivity index (χ0) is 16.8. The number of para-hydroxylation sites is 1. The van der Waals surface area contributed by atoms with Gasteiger partial charge in [0.15, 0.2) is 6.21 Å². The molecule has 6 heteroatoms. The fourth-order valence-corrected chi connectivity index (χ4v) is 3.89. The Kier molecular flexibility index (Phi) is 3.74. The number of aryl methyl sites for hydroxylation is 3. The summed E-state index contributed by atoms with van der Waals surface area (Å²) in [6.45, 7) is 5.69. The first-order valence-electron chi connectivity index (χ1n) is 7.20. The molecule has 3 rings (SSSR count). The third-order valence-corrected chi connectivity index (χ3v) is 5.08. The number of rotatable bonds is 2. The van der Waals surface area contributed by atoms with Crippen molar-refractivity contribution in [3.8, 4) is 5.75 Å². The van der Waals surface area contributed by atoms with Gasteiger partial charge in [0.05, 0.1) is 5.56 Å². The van der Waals surface area contributed by atoms with Crippen molar-refractivity contribution in [1.29, 1.82) is 0 Å². The molecule has 0 aliphatic carbocycles. The maximum Gasteiger partial charge on any atom is 0.295 e. The largest absolute Gasteiger partial charge is 0.435 e. The van der Waals surface area contributed by atoms with Gasteiger partial charge >= 0.3 is 0 Å². The Labute approximate surface area is 135 Å². The summed E-state index contributed by atoms with van der Waals surface area (Å²) in [5.74, 6) is 0.867. The summed E-state index contributed by atoms with van der Waals surface area (Å²) in [7, 11) is -4.23. The second-order valence-electron chi connectivity index (χ2n) is 5.75. The molecule has 2 aromatic carbocycles. The van der Waals surface area contributed by atoms with Crippen LogP contribution < -0.4 is 4.74 Å². The van der Waals surface area contributed by atoms with Crippen molar-refractivity contribution in [2.45, 2.75) is 25.7 Å². The molecule has 1 heterocycles. The van der Waals surface area contributed by atoms with Crippen LogP contribution in [0.1, 0.15) is 22.3 Å². The molecule has 1 aliphatic rings. The average Bonchev–Trinajstić information content (AvgIpc) is 2.45. The highest BCUT2D eigenvalue weighted by Crippen LogP contribution is 2.29. The Hall–Kier alpha value is -2.18. The number of hydrogen-bond donors (Lipinski definition) is 1. The van der Waals surface area contributed by atoms with E-state index in [1.165, 1.54) is 0 Å². The third kappa shape index (κ3) is 2.87. The monoisotopic (exact) mass is 332 g/mol. The molecule has 0 aromatic heterocycles. The Morgan fingerprint density at radius 2 is 1.74 bits per heavy atom. The lowest BCUT2D eigenvalue weighted by Crippen LogP contribution is -2.21. The number of nitrogens with zero attached hydrogens (tertiary/aromatic N) is 1. The molecular weight excluding hydrogens is 314 g/mol. The normalized spacial score (nSPS) is 14.0. The van der Waals surface area contributed by atoms with E-state index in [9.17, 15) is 13.0 Å². The molecule has 0 radical (unpaired) electrons. The van der Waals surface area contributed by atoms with Crippen molar-refractivity contribution in [2.24, 2.45) is 0 Å². The van der Waals surface area contributed by atoms with E-state index in [4.69, 9.17) is 4.74 Å². The summed E-state index contributed by atoms with van der Waals surface area (Å²) in [4.78, 5) is -0.0320. The molecule has 0 atom stereocenters. The van der Waals surface area contributed by atoms with Crippen LogP contribution in [0.2, 0.25) is 0 Å². The Morgan fingerprint density at radius 1 is 1.09 bits per heavy atom. The van der Waals surface area contributed by atoms with Crippen molar-refractivity contribution >= 4 is 22.0 Å². The highest BCUT2D eigenvalue weighted by molar-refractivity contribution is 7.86. The second-order valence-corrected chi connectivity index (χ2v) is 7.11. The maximum atomic E-state index is 11.5. The number of fused-ring (bicyclic) bond motifs is 1. The summed E-state index contributed by atoms with van der Waals surface area (Å²) in [5.41, 5.74) is 3.88. The number of benzene rings is 2. The van der Waals surface area contributed by atoms with Gasteiger partial charge in [-0.3, -0.25) is 4.55 Å². The lowest BCUT2D eigenvalue weighted by molar-refractivity contribution is -0.476. The minimum atomic E-state index is -4.23. The summed E-state index contributed by atoms with van der Waals surface area (Å²) < 4.78 is 40.0. The molecule has 120 valence electrons. The summed E-state index contributed by atoms with van der Waals surface area (Å²) in [6, 6.07) is 9.40. The van der Waals surface area contributed by atoms with Gasteiger partial charge < -0.3 is 4.74 Å². The molecule has 0 bridgehead atoms. The topological polar surface area (TPSA) is 66.6 Å². The quantitative estimate of drug-likeness (QED) is 0.678. The molecule has 1 aliphatic heterocycles. The van der Waals surface area contributed by atoms with E-state index in [1.807, 2.05) is 35.9 Å². The van der Waals surface area contributed by atoms with Crippen LogP contribution in [0.3, 0.4) is 0 Å². The van der Waals surface area contributed by atoms with Crippen LogP contribution in [0.5, 0.6) is 5.75 Å². The standard InChI is InChI=1S/C17H17NO4S/c1-11-5-4-6-14-9-18(10-22-16(11)14)15-7-12(2)17(13(3)8-15)23(19,20)21/h4-9H,10H2,1-3H3/p+1. The van der Waals surface area contributed by atoms with Gasteiger partial charge in [0, 0.05) is 12.1 Å². The van der Waals surface area contributed by atoms with Gasteiger partial charge in [-0.2, -0.15) is 13.0 Å². The van der Waals surface area contributed by atoms with Gasteiger partial charge in [-0.1, -0.05) is 12.1 Å². The molecule has 1 N–H and O–H groups in total. The van der Waals surface area contributed by atoms with Crippen molar-refractivity contribution in [1.82, 2.24) is 0 Å². The van der Waals surface area contributed by atoms with Crippen LogP contribution in [0.25, 0.3) is 0 Å². The minimum absolute atomic E-state index is 0.0320. The molecule has 2 aromatic rings. The predicted octanol–water partition coefficient (Wildman–Crippen LogP) is 2.97. The smallest absolute Gasteiger partial charge is 0.295 e. The minimum Gasteiger partial charge on any atom is -0.435 e. The van der Waals surface area contributed by atoms with Crippen LogP contribution in [0.15, 0.2) is 35.2 Å². The van der Waals surface area contributed by atoms with Gasteiger partial charge in [0.25, 0.3) is 16.8 Å². The molecule has 0 spiro atoms. The summed E-state index contributed by atoms with van der Waals surface area (Å²) in [5, 5.41) is 0. The predicted molar refractivity (Wildman–Crippen MR) is 87.5 cm³/mol. The van der Waals surface area contributed by atoms with E-state index in [1.54, 1.807) is 26.0 Å². The van der Waals surface area contributed by atoms with Crippen LogP contribution >= 0.6 is 0 Å². The van der Waals surface area contributed by atoms with E-state index in [-0.39, 0.29) is 4.90 Å². The average molecular weight is 332 g/mol. The zero-order valence-corrected chi connectivity index (χ0v) is 14.0.